The molecule has 1 aliphatic heterocycles. The van der Waals surface area contributed by atoms with Gasteiger partial charge in [-0.3, -0.25) is 4.79 Å². The molecule has 3 heterocycles. The molecule has 1 amide bonds. The van der Waals surface area contributed by atoms with E-state index in [1.54, 1.807) is 7.11 Å². The minimum atomic E-state index is 0.194. The maximum absolute atomic E-state index is 12.2. The lowest BCUT2D eigenvalue weighted by atomic mass is 10.2. The summed E-state index contributed by atoms with van der Waals surface area (Å²) in [6.45, 7) is 7.15. The van der Waals surface area contributed by atoms with Crippen LogP contribution in [-0.2, 0) is 16.1 Å². The first kappa shape index (κ1) is 21.5. The quantitative estimate of drug-likeness (QED) is 0.603. The number of rotatable bonds is 5. The van der Waals surface area contributed by atoms with E-state index in [2.05, 4.69) is 4.90 Å². The lowest BCUT2D eigenvalue weighted by molar-refractivity contribution is -0.130. The van der Waals surface area contributed by atoms with Crippen LogP contribution in [0.5, 0.6) is 0 Å². The summed E-state index contributed by atoms with van der Waals surface area (Å²) in [5.74, 6) is 1.63. The van der Waals surface area contributed by atoms with E-state index in [0.29, 0.717) is 37.0 Å². The fourth-order valence-corrected chi connectivity index (χ4v) is 4.20. The fraction of sp³-hybridized carbons (Fsp3) is 0.455. The maximum atomic E-state index is 12.2. The molecule has 4 rings (SSSR count). The molecule has 0 bridgehead atoms. The monoisotopic (exact) mass is 442 g/mol. The summed E-state index contributed by atoms with van der Waals surface area (Å²) >= 11 is 6.22. The topological polar surface area (TPSA) is 76.4 Å². The van der Waals surface area contributed by atoms with Crippen LogP contribution in [0.2, 0.25) is 5.02 Å². The summed E-state index contributed by atoms with van der Waals surface area (Å²) in [5.41, 5.74) is 2.41. The second-order valence-electron chi connectivity index (χ2n) is 7.65. The molecule has 0 aliphatic carbocycles. The van der Waals surface area contributed by atoms with Gasteiger partial charge < -0.3 is 14.5 Å². The first-order valence-electron chi connectivity index (χ1n) is 10.6. The average Bonchev–Trinajstić information content (AvgIpc) is 2.94. The minimum absolute atomic E-state index is 0.194. The number of nitrogens with zero attached hydrogens (tertiary/aromatic N) is 6. The van der Waals surface area contributed by atoms with E-state index < -0.39 is 0 Å². The standard InChI is InChI=1S/C22H27ClN6O2/c1-4-19(30)27-9-6-10-28(12-11-27)21-20-15(2)26-29(17-8-5-7-16(23)13-17)22(20)25-18(24-21)14-31-3/h5,7-8,13H,4,6,9-12,14H2,1-3H3. The Morgan fingerprint density at radius 2 is 2.03 bits per heavy atom. The summed E-state index contributed by atoms with van der Waals surface area (Å²) in [4.78, 5) is 26.0. The van der Waals surface area contributed by atoms with Gasteiger partial charge in [0.25, 0.3) is 0 Å². The van der Waals surface area contributed by atoms with Crippen molar-refractivity contribution in [1.82, 2.24) is 24.6 Å². The maximum Gasteiger partial charge on any atom is 0.222 e. The van der Waals surface area contributed by atoms with Gasteiger partial charge in [-0.05, 0) is 31.5 Å². The van der Waals surface area contributed by atoms with Gasteiger partial charge in [0.15, 0.2) is 11.5 Å². The Hall–Kier alpha value is -2.71. The first-order chi connectivity index (χ1) is 15.0. The largest absolute Gasteiger partial charge is 0.377 e. The van der Waals surface area contributed by atoms with E-state index >= 15 is 0 Å². The van der Waals surface area contributed by atoms with Crippen molar-refractivity contribution in [1.29, 1.82) is 0 Å². The van der Waals surface area contributed by atoms with Gasteiger partial charge >= 0.3 is 0 Å². The van der Waals surface area contributed by atoms with Gasteiger partial charge in [0, 0.05) is 44.7 Å². The summed E-state index contributed by atoms with van der Waals surface area (Å²) in [7, 11) is 1.63. The van der Waals surface area contributed by atoms with Crippen LogP contribution in [0.4, 0.5) is 5.82 Å². The molecule has 31 heavy (non-hydrogen) atoms. The third-order valence-corrected chi connectivity index (χ3v) is 5.74. The Morgan fingerprint density at radius 3 is 2.77 bits per heavy atom. The number of amides is 1. The highest BCUT2D eigenvalue weighted by Crippen LogP contribution is 2.30. The number of benzene rings is 1. The van der Waals surface area contributed by atoms with Gasteiger partial charge in [-0.15, -0.1) is 0 Å². The van der Waals surface area contributed by atoms with Crippen LogP contribution in [0.3, 0.4) is 0 Å². The van der Waals surface area contributed by atoms with Gasteiger partial charge in [0.05, 0.1) is 16.8 Å². The van der Waals surface area contributed by atoms with Crippen LogP contribution in [-0.4, -0.2) is 63.8 Å². The van der Waals surface area contributed by atoms with Gasteiger partial charge in [-0.25, -0.2) is 14.6 Å². The van der Waals surface area contributed by atoms with Crippen LogP contribution >= 0.6 is 11.6 Å². The lowest BCUT2D eigenvalue weighted by Gasteiger charge is -2.23. The molecule has 1 aliphatic rings. The molecule has 0 spiro atoms. The van der Waals surface area contributed by atoms with Crippen molar-refractivity contribution < 1.29 is 9.53 Å². The second kappa shape index (κ2) is 9.20. The zero-order chi connectivity index (χ0) is 22.0. The molecule has 3 aromatic rings. The van der Waals surface area contributed by atoms with Gasteiger partial charge in [-0.1, -0.05) is 24.6 Å². The van der Waals surface area contributed by atoms with E-state index in [9.17, 15) is 4.79 Å². The molecule has 1 saturated heterocycles. The van der Waals surface area contributed by atoms with Crippen molar-refractivity contribution in [3.63, 3.8) is 0 Å². The lowest BCUT2D eigenvalue weighted by Crippen LogP contribution is -2.35. The molecule has 2 aromatic heterocycles. The predicted molar refractivity (Wildman–Crippen MR) is 121 cm³/mol. The Labute approximate surface area is 186 Å². The molecule has 0 atom stereocenters. The molecule has 0 saturated carbocycles. The molecule has 1 fully saturated rings. The highest BCUT2D eigenvalue weighted by Gasteiger charge is 2.24. The number of methoxy groups -OCH3 is 1. The van der Waals surface area contributed by atoms with Crippen LogP contribution in [0.25, 0.3) is 16.7 Å². The van der Waals surface area contributed by atoms with Gasteiger partial charge in [-0.2, -0.15) is 5.10 Å². The summed E-state index contributed by atoms with van der Waals surface area (Å²) in [6.07, 6.45) is 1.42. The van der Waals surface area contributed by atoms with Crippen molar-refractivity contribution in [2.45, 2.75) is 33.3 Å². The van der Waals surface area contributed by atoms with E-state index in [1.807, 2.05) is 47.7 Å². The highest BCUT2D eigenvalue weighted by atomic mass is 35.5. The number of anilines is 1. The Morgan fingerprint density at radius 1 is 1.19 bits per heavy atom. The molecule has 0 radical (unpaired) electrons. The van der Waals surface area contributed by atoms with Crippen LogP contribution in [0, 0.1) is 6.92 Å². The number of fused-ring (bicyclic) bond motifs is 1. The molecule has 0 unspecified atom stereocenters. The van der Waals surface area contributed by atoms with Crippen molar-refractivity contribution in [2.75, 3.05) is 38.2 Å². The normalized spacial score (nSPS) is 14.8. The number of carbonyl (C=O) groups excluding carboxylic acids is 1. The first-order valence-corrected chi connectivity index (χ1v) is 10.9. The average molecular weight is 443 g/mol. The molecule has 9 heteroatoms. The molecule has 0 N–H and O–H groups in total. The van der Waals surface area contributed by atoms with E-state index in [1.165, 1.54) is 0 Å². The Balaban J connectivity index is 1.80. The number of aryl methyl sites for hydroxylation is 1. The van der Waals surface area contributed by atoms with Crippen LogP contribution < -0.4 is 4.90 Å². The smallest absolute Gasteiger partial charge is 0.222 e. The highest BCUT2D eigenvalue weighted by molar-refractivity contribution is 6.30. The number of hydrogen-bond donors (Lipinski definition) is 0. The van der Waals surface area contributed by atoms with E-state index in [-0.39, 0.29) is 5.91 Å². The third kappa shape index (κ3) is 4.36. The second-order valence-corrected chi connectivity index (χ2v) is 8.08. The van der Waals surface area contributed by atoms with Gasteiger partial charge in [0.1, 0.15) is 12.4 Å². The van der Waals surface area contributed by atoms with Crippen molar-refractivity contribution >= 4 is 34.4 Å². The minimum Gasteiger partial charge on any atom is -0.377 e. The summed E-state index contributed by atoms with van der Waals surface area (Å²) in [5, 5.41) is 6.31. The molecule has 8 nitrogen and oxygen atoms in total. The molecular weight excluding hydrogens is 416 g/mol. The zero-order valence-electron chi connectivity index (χ0n) is 18.1. The SMILES string of the molecule is CCC(=O)N1CCCN(c2nc(COC)nc3c2c(C)nn3-c2cccc(Cl)c2)CC1. The Bertz CT molecular complexity index is 1100. The van der Waals surface area contributed by atoms with E-state index in [4.69, 9.17) is 31.4 Å². The third-order valence-electron chi connectivity index (χ3n) is 5.51. The van der Waals surface area contributed by atoms with Crippen LogP contribution in [0.1, 0.15) is 31.3 Å². The predicted octanol–water partition coefficient (Wildman–Crippen LogP) is 3.37. The molecule has 1 aromatic carbocycles. The molecule has 164 valence electrons. The fourth-order valence-electron chi connectivity index (χ4n) is 4.02. The Kier molecular flexibility index (Phi) is 6.38. The number of carbonyl (C=O) groups is 1. The van der Waals surface area contributed by atoms with Crippen LogP contribution in [0.15, 0.2) is 24.3 Å². The number of halogens is 1. The van der Waals surface area contributed by atoms with Gasteiger partial charge in [0.2, 0.25) is 5.91 Å². The number of aromatic nitrogens is 4. The van der Waals surface area contributed by atoms with Crippen molar-refractivity contribution in [3.8, 4) is 5.69 Å². The van der Waals surface area contributed by atoms with E-state index in [0.717, 1.165) is 47.7 Å². The summed E-state index contributed by atoms with van der Waals surface area (Å²) < 4.78 is 7.14. The van der Waals surface area contributed by atoms with Crippen molar-refractivity contribution in [3.05, 3.63) is 40.8 Å². The van der Waals surface area contributed by atoms with Crippen molar-refractivity contribution in [2.24, 2.45) is 0 Å². The zero-order valence-corrected chi connectivity index (χ0v) is 18.9. The number of hydrogen-bond acceptors (Lipinski definition) is 6. The number of ether oxygens (including phenoxy) is 1. The summed E-state index contributed by atoms with van der Waals surface area (Å²) in [6, 6.07) is 7.55. The molecular formula is C22H27ClN6O2.